The zero-order chi connectivity index (χ0) is 18.8. The van der Waals surface area contributed by atoms with Crippen molar-refractivity contribution >= 4 is 17.7 Å². The van der Waals surface area contributed by atoms with E-state index in [9.17, 15) is 26.7 Å². The van der Waals surface area contributed by atoms with E-state index in [1.54, 1.807) is 0 Å². The van der Waals surface area contributed by atoms with Crippen LogP contribution in [0.25, 0.3) is 0 Å². The quantitative estimate of drug-likeness (QED) is 0.242. The van der Waals surface area contributed by atoms with E-state index in [2.05, 4.69) is 0 Å². The van der Waals surface area contributed by atoms with Crippen LogP contribution in [-0.4, -0.2) is 35.7 Å². The Kier molecular flexibility index (Phi) is 10.9. The second kappa shape index (κ2) is 11.2. The van der Waals surface area contributed by atoms with E-state index in [0.717, 1.165) is 6.42 Å². The van der Waals surface area contributed by atoms with Gasteiger partial charge < -0.3 is 4.74 Å². The molecule has 0 N–H and O–H groups in total. The molecule has 8 heteroatoms. The summed E-state index contributed by atoms with van der Waals surface area (Å²) in [6.07, 6.45) is -4.70. The van der Waals surface area contributed by atoms with E-state index in [1.165, 1.54) is 11.8 Å². The smallest absolute Gasteiger partial charge is 0.453 e. The number of carbonyl (C=O) groups excluding carboxylic acids is 1. The fraction of sp³-hybridized carbons (Fsp3) is 0.938. The molecule has 0 aliphatic rings. The summed E-state index contributed by atoms with van der Waals surface area (Å²) in [5.74, 6) is -4.05. The van der Waals surface area contributed by atoms with Crippen LogP contribution in [0.4, 0.5) is 22.0 Å². The normalized spacial score (nSPS) is 14.0. The molecular formula is C16H27F5O2S. The lowest BCUT2D eigenvalue weighted by Crippen LogP contribution is -2.36. The topological polar surface area (TPSA) is 26.3 Å². The largest absolute Gasteiger partial charge is 0.465 e. The monoisotopic (exact) mass is 378 g/mol. The van der Waals surface area contributed by atoms with Crippen LogP contribution in [0.15, 0.2) is 0 Å². The van der Waals surface area contributed by atoms with Crippen LogP contribution in [0.3, 0.4) is 0 Å². The average Bonchev–Trinajstić information content (AvgIpc) is 2.45. The van der Waals surface area contributed by atoms with Crippen LogP contribution in [0.5, 0.6) is 0 Å². The zero-order valence-corrected chi connectivity index (χ0v) is 15.2. The minimum atomic E-state index is -5.48. The molecule has 0 fully saturated rings. The van der Waals surface area contributed by atoms with Crippen LogP contribution < -0.4 is 0 Å². The second-order valence-electron chi connectivity index (χ2n) is 6.17. The Morgan fingerprint density at radius 2 is 1.71 bits per heavy atom. The fourth-order valence-electron chi connectivity index (χ4n) is 1.95. The maximum absolute atomic E-state index is 12.7. The number of carbonyl (C=O) groups is 1. The first kappa shape index (κ1) is 23.5. The lowest BCUT2D eigenvalue weighted by molar-refractivity contribution is -0.284. The number of halogens is 5. The van der Waals surface area contributed by atoms with Crippen molar-refractivity contribution in [2.45, 2.75) is 76.6 Å². The predicted molar refractivity (Wildman–Crippen MR) is 86.4 cm³/mol. The maximum Gasteiger partial charge on any atom is 0.453 e. The van der Waals surface area contributed by atoms with E-state index in [0.29, 0.717) is 31.1 Å². The van der Waals surface area contributed by atoms with Gasteiger partial charge in [0.25, 0.3) is 0 Å². The molecule has 144 valence electrons. The highest BCUT2D eigenvalue weighted by Gasteiger charge is 2.56. The molecule has 1 unspecified atom stereocenters. The lowest BCUT2D eigenvalue weighted by Gasteiger charge is -2.19. The van der Waals surface area contributed by atoms with Crippen LogP contribution >= 0.6 is 11.8 Å². The molecule has 0 saturated heterocycles. The molecule has 2 nitrogen and oxygen atoms in total. The van der Waals surface area contributed by atoms with Gasteiger partial charge in [0.05, 0.1) is 6.61 Å². The molecule has 0 rings (SSSR count). The van der Waals surface area contributed by atoms with Gasteiger partial charge in [-0.1, -0.05) is 27.2 Å². The van der Waals surface area contributed by atoms with Gasteiger partial charge in [0, 0.05) is 6.42 Å². The first-order valence-corrected chi connectivity index (χ1v) is 9.29. The molecule has 0 aromatic heterocycles. The van der Waals surface area contributed by atoms with Crippen LogP contribution in [0.1, 0.15) is 59.3 Å². The average molecular weight is 378 g/mol. The summed E-state index contributed by atoms with van der Waals surface area (Å²) in [4.78, 5) is 11.9. The van der Waals surface area contributed by atoms with Gasteiger partial charge in [0.15, 0.2) is 0 Å². The van der Waals surface area contributed by atoms with Crippen molar-refractivity contribution in [3.8, 4) is 0 Å². The number of rotatable bonds is 12. The Morgan fingerprint density at radius 3 is 2.21 bits per heavy atom. The standard InChI is InChI=1S/C16H27F5O2S/c1-4-9-23-14(22)13(11-12(2)3)24-10-7-5-6-8-15(17,18)16(19,20)21/h12-13H,4-11H2,1-3H3. The molecule has 0 bridgehead atoms. The van der Waals surface area contributed by atoms with Gasteiger partial charge in [-0.15, -0.1) is 11.8 Å². The van der Waals surface area contributed by atoms with Gasteiger partial charge in [-0.3, -0.25) is 4.79 Å². The van der Waals surface area contributed by atoms with E-state index >= 15 is 0 Å². The van der Waals surface area contributed by atoms with E-state index in [1.807, 2.05) is 20.8 Å². The molecule has 0 aliphatic carbocycles. The maximum atomic E-state index is 12.7. The minimum absolute atomic E-state index is 0.192. The molecule has 0 amide bonds. The van der Waals surface area contributed by atoms with Gasteiger partial charge in [-0.2, -0.15) is 22.0 Å². The summed E-state index contributed by atoms with van der Waals surface area (Å²) < 4.78 is 66.7. The van der Waals surface area contributed by atoms with E-state index in [-0.39, 0.29) is 24.1 Å². The summed E-state index contributed by atoms with van der Waals surface area (Å²) in [6.45, 7) is 6.23. The molecule has 0 saturated carbocycles. The van der Waals surface area contributed by atoms with Gasteiger partial charge in [-0.05, 0) is 37.4 Å². The molecule has 0 heterocycles. The molecule has 1 atom stereocenters. The fourth-order valence-corrected chi connectivity index (χ4v) is 3.33. The Morgan fingerprint density at radius 1 is 1.08 bits per heavy atom. The Hall–Kier alpha value is -0.530. The summed E-state index contributed by atoms with van der Waals surface area (Å²) in [7, 11) is 0. The van der Waals surface area contributed by atoms with E-state index in [4.69, 9.17) is 4.74 Å². The van der Waals surface area contributed by atoms with Gasteiger partial charge in [0.2, 0.25) is 0 Å². The highest BCUT2D eigenvalue weighted by Crippen LogP contribution is 2.39. The second-order valence-corrected chi connectivity index (χ2v) is 7.48. The van der Waals surface area contributed by atoms with Gasteiger partial charge in [-0.25, -0.2) is 0 Å². The van der Waals surface area contributed by atoms with Crippen molar-refractivity contribution in [3.63, 3.8) is 0 Å². The van der Waals surface area contributed by atoms with E-state index < -0.39 is 18.5 Å². The Balaban J connectivity index is 4.09. The lowest BCUT2D eigenvalue weighted by atomic mass is 10.1. The molecule has 0 aromatic carbocycles. The predicted octanol–water partition coefficient (Wildman–Crippen LogP) is 5.85. The van der Waals surface area contributed by atoms with Crippen molar-refractivity contribution in [2.75, 3.05) is 12.4 Å². The van der Waals surface area contributed by atoms with Gasteiger partial charge >= 0.3 is 18.1 Å². The van der Waals surface area contributed by atoms with Crippen molar-refractivity contribution in [2.24, 2.45) is 5.92 Å². The summed E-state index contributed by atoms with van der Waals surface area (Å²) in [5, 5.41) is -0.312. The molecule has 0 aliphatic heterocycles. The number of hydrogen-bond donors (Lipinski definition) is 0. The van der Waals surface area contributed by atoms with Crippen LogP contribution in [-0.2, 0) is 9.53 Å². The highest BCUT2D eigenvalue weighted by atomic mass is 32.2. The molecule has 24 heavy (non-hydrogen) atoms. The van der Waals surface area contributed by atoms with Crippen molar-refractivity contribution in [1.82, 2.24) is 0 Å². The third-order valence-corrected chi connectivity index (χ3v) is 4.58. The minimum Gasteiger partial charge on any atom is -0.465 e. The van der Waals surface area contributed by atoms with Crippen LogP contribution in [0, 0.1) is 5.92 Å². The van der Waals surface area contributed by atoms with Gasteiger partial charge in [0.1, 0.15) is 5.25 Å². The van der Waals surface area contributed by atoms with Crippen molar-refractivity contribution in [1.29, 1.82) is 0 Å². The summed E-state index contributed by atoms with van der Waals surface area (Å²) in [5.41, 5.74) is 0. The van der Waals surface area contributed by atoms with Crippen LogP contribution in [0.2, 0.25) is 0 Å². The molecular weight excluding hydrogens is 351 g/mol. The number of esters is 1. The molecule has 0 radical (unpaired) electrons. The number of ether oxygens (including phenoxy) is 1. The SMILES string of the molecule is CCCOC(=O)C(CC(C)C)SCCCCCC(F)(F)C(F)(F)F. The third kappa shape index (κ3) is 9.69. The highest BCUT2D eigenvalue weighted by molar-refractivity contribution is 8.00. The first-order valence-electron chi connectivity index (χ1n) is 8.24. The zero-order valence-electron chi connectivity index (χ0n) is 14.4. The Labute approximate surface area is 144 Å². The van der Waals surface area contributed by atoms with Crippen molar-refractivity contribution < 1.29 is 31.5 Å². The summed E-state index contributed by atoms with van der Waals surface area (Å²) in [6, 6.07) is 0. The molecule has 0 spiro atoms. The number of alkyl halides is 5. The number of thioether (sulfide) groups is 1. The summed E-state index contributed by atoms with van der Waals surface area (Å²) >= 11 is 1.39. The third-order valence-electron chi connectivity index (χ3n) is 3.27. The first-order chi connectivity index (χ1) is 11.0. The number of unbranched alkanes of at least 4 members (excludes halogenated alkanes) is 2. The van der Waals surface area contributed by atoms with Crippen molar-refractivity contribution in [3.05, 3.63) is 0 Å². The Bertz CT molecular complexity index is 359. The molecule has 0 aromatic rings. The number of hydrogen-bond acceptors (Lipinski definition) is 3.